The lowest BCUT2D eigenvalue weighted by Crippen LogP contribution is -2.00. The molecular weight excluding hydrogens is 472 g/mol. The summed E-state index contributed by atoms with van der Waals surface area (Å²) in [7, 11) is -1.71. The van der Waals surface area contributed by atoms with Crippen molar-refractivity contribution in [3.63, 3.8) is 0 Å². The SMILES string of the molecule is COc1ccc(-c2cc(-c3cc4ccccc4o3)nc(SS(=O)(=O)c3ccc(O)cc3)n2)cc1. The molecule has 0 radical (unpaired) electrons. The number of benzene rings is 3. The quantitative estimate of drug-likeness (QED) is 0.237. The molecule has 170 valence electrons. The number of fused-ring (bicyclic) bond motifs is 1. The van der Waals surface area contributed by atoms with Crippen molar-refractivity contribution in [2.75, 3.05) is 7.11 Å². The van der Waals surface area contributed by atoms with Gasteiger partial charge in [-0.1, -0.05) is 18.2 Å². The average molecular weight is 491 g/mol. The van der Waals surface area contributed by atoms with Crippen molar-refractivity contribution in [1.82, 2.24) is 9.97 Å². The summed E-state index contributed by atoms with van der Waals surface area (Å²) in [5.74, 6) is 1.18. The molecule has 0 unspecified atom stereocenters. The van der Waals surface area contributed by atoms with Crippen LogP contribution in [0.1, 0.15) is 0 Å². The standard InChI is InChI=1S/C25H18N2O5S2/c1-31-19-10-6-16(7-11-19)21-15-22(24-14-17-4-2-3-5-23(17)32-24)27-25(26-21)33-34(29,30)20-12-8-18(28)9-13-20/h2-15,28H,1H3. The van der Waals surface area contributed by atoms with Gasteiger partial charge in [-0.3, -0.25) is 0 Å². The fourth-order valence-electron chi connectivity index (χ4n) is 3.37. The Hall–Kier alpha value is -3.82. The maximum Gasteiger partial charge on any atom is 0.237 e. The third-order valence-electron chi connectivity index (χ3n) is 5.08. The number of phenolic OH excluding ortho intramolecular Hbond substituents is 1. The van der Waals surface area contributed by atoms with E-state index in [4.69, 9.17) is 9.15 Å². The molecule has 0 aliphatic rings. The third-order valence-corrected chi connectivity index (χ3v) is 8.16. The predicted octanol–water partition coefficient (Wildman–Crippen LogP) is 5.75. The van der Waals surface area contributed by atoms with E-state index in [9.17, 15) is 13.5 Å². The van der Waals surface area contributed by atoms with Crippen LogP contribution in [0.5, 0.6) is 11.5 Å². The number of para-hydroxylation sites is 1. The minimum atomic E-state index is -3.83. The molecule has 1 N–H and O–H groups in total. The highest BCUT2D eigenvalue weighted by Gasteiger charge is 2.21. The molecule has 5 aromatic rings. The van der Waals surface area contributed by atoms with Crippen LogP contribution < -0.4 is 4.74 Å². The molecule has 3 aromatic carbocycles. The van der Waals surface area contributed by atoms with Crippen molar-refractivity contribution in [1.29, 1.82) is 0 Å². The van der Waals surface area contributed by atoms with Crippen molar-refractivity contribution < 1.29 is 22.7 Å². The molecule has 0 bridgehead atoms. The Morgan fingerprint density at radius 2 is 1.59 bits per heavy atom. The number of hydrogen-bond acceptors (Lipinski definition) is 8. The second kappa shape index (κ2) is 8.85. The Bertz CT molecular complexity index is 1550. The molecule has 0 fully saturated rings. The summed E-state index contributed by atoms with van der Waals surface area (Å²) >= 11 is 0. The van der Waals surface area contributed by atoms with E-state index in [1.165, 1.54) is 24.3 Å². The van der Waals surface area contributed by atoms with Crippen LogP contribution in [0.4, 0.5) is 0 Å². The Morgan fingerprint density at radius 3 is 2.29 bits per heavy atom. The number of hydrogen-bond donors (Lipinski definition) is 1. The second-order valence-corrected chi connectivity index (χ2v) is 11.1. The van der Waals surface area contributed by atoms with E-state index >= 15 is 0 Å². The van der Waals surface area contributed by atoms with E-state index in [0.717, 1.165) is 10.9 Å². The molecule has 0 atom stereocenters. The fourth-order valence-corrected chi connectivity index (χ4v) is 5.83. The van der Waals surface area contributed by atoms with Gasteiger partial charge in [-0.2, -0.15) is 0 Å². The largest absolute Gasteiger partial charge is 0.508 e. The molecule has 0 saturated carbocycles. The van der Waals surface area contributed by atoms with Gasteiger partial charge >= 0.3 is 0 Å². The summed E-state index contributed by atoms with van der Waals surface area (Å²) in [4.78, 5) is 9.04. The van der Waals surface area contributed by atoms with E-state index in [2.05, 4.69) is 9.97 Å². The number of ether oxygens (including phenoxy) is 1. The van der Waals surface area contributed by atoms with E-state index in [1.54, 1.807) is 25.3 Å². The van der Waals surface area contributed by atoms with Gasteiger partial charge in [-0.25, -0.2) is 18.4 Å². The highest BCUT2D eigenvalue weighted by Crippen LogP contribution is 2.34. The van der Waals surface area contributed by atoms with Gasteiger partial charge in [0.15, 0.2) is 5.76 Å². The number of phenols is 1. The number of aromatic hydroxyl groups is 1. The minimum Gasteiger partial charge on any atom is -0.508 e. The summed E-state index contributed by atoms with van der Waals surface area (Å²) in [6, 6.07) is 23.8. The van der Waals surface area contributed by atoms with Crippen LogP contribution in [0.25, 0.3) is 33.7 Å². The Labute approximate surface area is 199 Å². The number of furan rings is 1. The van der Waals surface area contributed by atoms with Gasteiger partial charge in [0.2, 0.25) is 14.0 Å². The lowest BCUT2D eigenvalue weighted by Gasteiger charge is -2.08. The molecule has 34 heavy (non-hydrogen) atoms. The van der Waals surface area contributed by atoms with Crippen molar-refractivity contribution in [2.24, 2.45) is 0 Å². The summed E-state index contributed by atoms with van der Waals surface area (Å²) in [5.41, 5.74) is 2.47. The highest BCUT2D eigenvalue weighted by atomic mass is 33.1. The zero-order valence-corrected chi connectivity index (χ0v) is 19.5. The number of methoxy groups -OCH3 is 1. The summed E-state index contributed by atoms with van der Waals surface area (Å²) < 4.78 is 37.2. The lowest BCUT2D eigenvalue weighted by molar-refractivity contribution is 0.415. The van der Waals surface area contributed by atoms with Crippen LogP contribution in [0.2, 0.25) is 0 Å². The van der Waals surface area contributed by atoms with Gasteiger partial charge in [0.1, 0.15) is 22.8 Å². The normalized spacial score (nSPS) is 11.6. The highest BCUT2D eigenvalue weighted by molar-refractivity contribution is 8.72. The van der Waals surface area contributed by atoms with Gasteiger partial charge in [0.25, 0.3) is 0 Å². The summed E-state index contributed by atoms with van der Waals surface area (Å²) in [5, 5.41) is 10.5. The molecule has 0 aliphatic heterocycles. The fraction of sp³-hybridized carbons (Fsp3) is 0.0400. The third kappa shape index (κ3) is 4.48. The van der Waals surface area contributed by atoms with Crippen LogP contribution in [0.3, 0.4) is 0 Å². The molecule has 2 heterocycles. The van der Waals surface area contributed by atoms with Crippen LogP contribution in [0.15, 0.2) is 99.4 Å². The maximum absolute atomic E-state index is 13.0. The molecule has 0 spiro atoms. The molecular formula is C25H18N2O5S2. The summed E-state index contributed by atoms with van der Waals surface area (Å²) in [6.45, 7) is 0. The molecule has 2 aromatic heterocycles. The first-order valence-corrected chi connectivity index (χ1v) is 13.0. The van der Waals surface area contributed by atoms with Crippen LogP contribution in [-0.4, -0.2) is 30.6 Å². The number of aromatic nitrogens is 2. The lowest BCUT2D eigenvalue weighted by atomic mass is 10.1. The van der Waals surface area contributed by atoms with Crippen molar-refractivity contribution in [3.8, 4) is 34.2 Å². The van der Waals surface area contributed by atoms with Crippen LogP contribution in [0, 0.1) is 0 Å². The molecule has 0 saturated heterocycles. The number of rotatable bonds is 6. The molecule has 0 aliphatic carbocycles. The smallest absolute Gasteiger partial charge is 0.237 e. The Morgan fingerprint density at radius 1 is 0.882 bits per heavy atom. The van der Waals surface area contributed by atoms with E-state index in [-0.39, 0.29) is 15.8 Å². The first-order valence-electron chi connectivity index (χ1n) is 10.2. The van der Waals surface area contributed by atoms with E-state index in [1.807, 2.05) is 42.5 Å². The zero-order chi connectivity index (χ0) is 23.7. The minimum absolute atomic E-state index is 0.0196. The van der Waals surface area contributed by atoms with Gasteiger partial charge in [0, 0.05) is 10.9 Å². The Kier molecular flexibility index (Phi) is 5.72. The van der Waals surface area contributed by atoms with E-state index in [0.29, 0.717) is 39.3 Å². The Balaban J connectivity index is 1.61. The van der Waals surface area contributed by atoms with Crippen LogP contribution in [-0.2, 0) is 8.87 Å². The van der Waals surface area contributed by atoms with Gasteiger partial charge < -0.3 is 14.3 Å². The molecule has 7 nitrogen and oxygen atoms in total. The zero-order valence-electron chi connectivity index (χ0n) is 17.9. The first kappa shape index (κ1) is 22.0. The van der Waals surface area contributed by atoms with Crippen molar-refractivity contribution >= 4 is 30.6 Å². The maximum atomic E-state index is 13.0. The summed E-state index contributed by atoms with van der Waals surface area (Å²) in [6.07, 6.45) is 0. The average Bonchev–Trinajstić information content (AvgIpc) is 3.28. The monoisotopic (exact) mass is 490 g/mol. The van der Waals surface area contributed by atoms with Crippen molar-refractivity contribution in [2.45, 2.75) is 10.1 Å². The number of nitrogens with zero attached hydrogens (tertiary/aromatic N) is 2. The predicted molar refractivity (Wildman–Crippen MR) is 130 cm³/mol. The second-order valence-electron chi connectivity index (χ2n) is 7.33. The van der Waals surface area contributed by atoms with Crippen LogP contribution >= 0.6 is 10.8 Å². The van der Waals surface area contributed by atoms with E-state index < -0.39 is 8.87 Å². The van der Waals surface area contributed by atoms with Gasteiger partial charge in [-0.15, -0.1) is 0 Å². The first-order chi connectivity index (χ1) is 16.4. The molecule has 5 rings (SSSR count). The topological polar surface area (TPSA) is 103 Å². The van der Waals surface area contributed by atoms with Gasteiger partial charge in [-0.05, 0) is 66.7 Å². The molecule has 9 heteroatoms. The van der Waals surface area contributed by atoms with Crippen molar-refractivity contribution in [3.05, 3.63) is 84.9 Å². The molecule has 0 amide bonds. The van der Waals surface area contributed by atoms with Gasteiger partial charge in [0.05, 0.1) is 28.5 Å².